The Morgan fingerprint density at radius 3 is 2.78 bits per heavy atom. The highest BCUT2D eigenvalue weighted by Crippen LogP contribution is 2.51. The van der Waals surface area contributed by atoms with Crippen molar-refractivity contribution in [2.24, 2.45) is 5.92 Å². The normalized spacial score (nSPS) is 25.6. The lowest BCUT2D eigenvalue weighted by Crippen LogP contribution is -2.32. The molecular weight excluding hydrogens is 587 g/mol. The number of nitrogens with one attached hydrogen (secondary N) is 2. The number of anilines is 1. The number of halogens is 3. The van der Waals surface area contributed by atoms with E-state index in [0.29, 0.717) is 54.1 Å². The Balaban J connectivity index is 1.06. The van der Waals surface area contributed by atoms with Crippen molar-refractivity contribution >= 4 is 17.6 Å². The predicted molar refractivity (Wildman–Crippen MR) is 161 cm³/mol. The van der Waals surface area contributed by atoms with Gasteiger partial charge in [-0.2, -0.15) is 13.2 Å². The van der Waals surface area contributed by atoms with Crippen LogP contribution in [0.25, 0.3) is 0 Å². The van der Waals surface area contributed by atoms with Gasteiger partial charge in [-0.25, -0.2) is 4.98 Å². The van der Waals surface area contributed by atoms with Gasteiger partial charge in [0.05, 0.1) is 11.6 Å². The minimum absolute atomic E-state index is 0.0430. The lowest BCUT2D eigenvalue weighted by Gasteiger charge is -2.22. The summed E-state index contributed by atoms with van der Waals surface area (Å²) in [5.41, 5.74) is 0.869. The van der Waals surface area contributed by atoms with E-state index in [-0.39, 0.29) is 41.6 Å². The summed E-state index contributed by atoms with van der Waals surface area (Å²) >= 11 is 0. The number of allylic oxidation sites excluding steroid dienone is 4. The van der Waals surface area contributed by atoms with E-state index in [2.05, 4.69) is 27.1 Å². The summed E-state index contributed by atoms with van der Waals surface area (Å²) in [5, 5.41) is 5.58. The fourth-order valence-electron chi connectivity index (χ4n) is 6.28. The molecule has 4 aliphatic rings. The predicted octanol–water partition coefficient (Wildman–Crippen LogP) is 4.67. The number of benzene rings is 1. The van der Waals surface area contributed by atoms with E-state index in [1.54, 1.807) is 31.3 Å². The molecule has 1 aliphatic carbocycles. The molecule has 238 valence electrons. The number of rotatable bonds is 8. The maximum Gasteiger partial charge on any atom is 0.416 e. The van der Waals surface area contributed by atoms with Crippen LogP contribution in [0.3, 0.4) is 0 Å². The monoisotopic (exact) mass is 623 g/mol. The van der Waals surface area contributed by atoms with Crippen molar-refractivity contribution in [3.63, 3.8) is 0 Å². The number of hydrogen-bond acceptors (Lipinski definition) is 7. The number of nitrogens with zero attached hydrogens (tertiary/aromatic N) is 3. The highest BCUT2D eigenvalue weighted by atomic mass is 19.4. The van der Waals surface area contributed by atoms with Gasteiger partial charge in [0.1, 0.15) is 29.2 Å². The Hall–Kier alpha value is -4.16. The average Bonchev–Trinajstić information content (AvgIpc) is 3.27. The highest BCUT2D eigenvalue weighted by Gasteiger charge is 2.60. The Morgan fingerprint density at radius 2 is 2.09 bits per heavy atom. The molecule has 1 saturated carbocycles. The number of amides is 2. The van der Waals surface area contributed by atoms with Crippen LogP contribution in [0.2, 0.25) is 0 Å². The Labute approximate surface area is 259 Å². The first-order chi connectivity index (χ1) is 21.4. The van der Waals surface area contributed by atoms with Crippen molar-refractivity contribution in [3.8, 4) is 5.75 Å². The molecule has 3 fully saturated rings. The lowest BCUT2D eigenvalue weighted by molar-refractivity contribution is -0.138. The maximum atomic E-state index is 14.0. The number of ether oxygens (including phenoxy) is 2. The van der Waals surface area contributed by atoms with Crippen LogP contribution >= 0.6 is 0 Å². The van der Waals surface area contributed by atoms with E-state index in [9.17, 15) is 22.8 Å². The third-order valence-electron chi connectivity index (χ3n) is 8.90. The van der Waals surface area contributed by atoms with Gasteiger partial charge in [0.25, 0.3) is 5.91 Å². The fraction of sp³-hybridized carbons (Fsp3) is 0.424. The average molecular weight is 624 g/mol. The first-order valence-corrected chi connectivity index (χ1v) is 15.0. The van der Waals surface area contributed by atoms with Crippen molar-refractivity contribution in [2.75, 3.05) is 32.5 Å². The van der Waals surface area contributed by atoms with E-state index in [1.165, 1.54) is 12.1 Å². The Bertz CT molecular complexity index is 1600. The summed E-state index contributed by atoms with van der Waals surface area (Å²) in [7, 11) is 3.95. The smallest absolute Gasteiger partial charge is 0.416 e. The van der Waals surface area contributed by atoms with Crippen LogP contribution in [0.15, 0.2) is 66.3 Å². The van der Waals surface area contributed by atoms with Gasteiger partial charge >= 0.3 is 6.18 Å². The number of pyridine rings is 1. The molecule has 1 aromatic heterocycles. The van der Waals surface area contributed by atoms with E-state index in [0.717, 1.165) is 24.6 Å². The molecule has 9 nitrogen and oxygen atoms in total. The first kappa shape index (κ1) is 30.8. The molecule has 2 N–H and O–H groups in total. The van der Waals surface area contributed by atoms with Gasteiger partial charge < -0.3 is 25.0 Å². The number of carbonyl (C=O) groups is 2. The second kappa shape index (κ2) is 12.0. The quantitative estimate of drug-likeness (QED) is 0.413. The van der Waals surface area contributed by atoms with Gasteiger partial charge in [0.2, 0.25) is 5.91 Å². The van der Waals surface area contributed by atoms with Gasteiger partial charge in [0.15, 0.2) is 0 Å². The number of alkyl halides is 3. The molecule has 0 spiro atoms. The molecule has 12 heteroatoms. The summed E-state index contributed by atoms with van der Waals surface area (Å²) < 4.78 is 54.1. The highest BCUT2D eigenvalue weighted by molar-refractivity contribution is 5.95. The van der Waals surface area contributed by atoms with Crippen LogP contribution in [0, 0.1) is 5.92 Å². The van der Waals surface area contributed by atoms with E-state index < -0.39 is 17.6 Å². The molecule has 2 saturated heterocycles. The van der Waals surface area contributed by atoms with Crippen molar-refractivity contribution in [2.45, 2.75) is 57.1 Å². The van der Waals surface area contributed by atoms with Crippen LogP contribution in [-0.4, -0.2) is 72.0 Å². The van der Waals surface area contributed by atoms with Crippen molar-refractivity contribution in [1.82, 2.24) is 20.1 Å². The number of fused-ring (bicyclic) bond motifs is 2. The summed E-state index contributed by atoms with van der Waals surface area (Å²) in [5.74, 6) is 1.44. The topological polar surface area (TPSA) is 96.0 Å². The molecule has 0 unspecified atom stereocenters. The van der Waals surface area contributed by atoms with Crippen molar-refractivity contribution in [1.29, 1.82) is 0 Å². The molecule has 2 aromatic rings. The molecule has 2 amide bonds. The summed E-state index contributed by atoms with van der Waals surface area (Å²) in [6.45, 7) is 7.51. The second-order valence-corrected chi connectivity index (χ2v) is 12.2. The van der Waals surface area contributed by atoms with E-state index in [4.69, 9.17) is 9.47 Å². The van der Waals surface area contributed by atoms with Crippen molar-refractivity contribution in [3.05, 3.63) is 88.5 Å². The van der Waals surface area contributed by atoms with Gasteiger partial charge in [-0.05, 0) is 75.3 Å². The zero-order chi connectivity index (χ0) is 32.0. The Kier molecular flexibility index (Phi) is 8.21. The number of aromatic nitrogens is 1. The van der Waals surface area contributed by atoms with Crippen LogP contribution in [0.4, 0.5) is 19.0 Å². The summed E-state index contributed by atoms with van der Waals surface area (Å²) in [6, 6.07) is 5.51. The van der Waals surface area contributed by atoms with E-state index in [1.807, 2.05) is 19.0 Å². The Morgan fingerprint density at radius 1 is 1.29 bits per heavy atom. The minimum Gasteiger partial charge on any atom is -0.487 e. The van der Waals surface area contributed by atoms with Crippen LogP contribution in [0.1, 0.15) is 46.8 Å². The molecule has 4 heterocycles. The van der Waals surface area contributed by atoms with Gasteiger partial charge in [-0.3, -0.25) is 14.5 Å². The van der Waals surface area contributed by atoms with Gasteiger partial charge in [0, 0.05) is 55.3 Å². The third kappa shape index (κ3) is 6.48. The number of hydrogen-bond donors (Lipinski definition) is 2. The summed E-state index contributed by atoms with van der Waals surface area (Å²) in [6.07, 6.45) is 1.95. The third-order valence-corrected chi connectivity index (χ3v) is 8.90. The first-order valence-electron chi connectivity index (χ1n) is 15.0. The number of carbonyl (C=O) groups excluding carboxylic acids is 2. The summed E-state index contributed by atoms with van der Waals surface area (Å²) in [4.78, 5) is 33.0. The van der Waals surface area contributed by atoms with Crippen LogP contribution in [0.5, 0.6) is 5.75 Å². The molecule has 45 heavy (non-hydrogen) atoms. The standard InChI is InChI=1S/C33H36F3N5O4/c1-18(44-26-11-13-37-31-23(26)8-10-27(42)38-31)5-9-25-19(2)28-29(30(28)45-25)39-32(43)20-6-7-21(24(15-20)33(34,35)36)16-41-14-12-22(17-41)40(3)4/h5-7,9,11,13,15,22,28-30H,2,8,10,12,14,16-17H2,1,3-4H3,(H,39,43)(H,37,38,42)/b18-5+,25-9+/t22-,28-,29-,30-/m0/s1. The van der Waals surface area contributed by atoms with Gasteiger partial charge in [-0.15, -0.1) is 0 Å². The zero-order valence-electron chi connectivity index (χ0n) is 25.4. The second-order valence-electron chi connectivity index (χ2n) is 12.2. The molecule has 4 atom stereocenters. The van der Waals surface area contributed by atoms with E-state index >= 15 is 0 Å². The van der Waals surface area contributed by atoms with Gasteiger partial charge in [-0.1, -0.05) is 12.6 Å². The number of likely N-dealkylation sites (tertiary alicyclic amines) is 1. The van der Waals surface area contributed by atoms with Crippen molar-refractivity contribution < 1.29 is 32.2 Å². The SMILES string of the molecule is C=C1/C(=C\C=C(/C)Oc2ccnc3c2CCC(=O)N3)O[C@@H]2[C@@H](NC(=O)c3ccc(CN4CC[C@H](N(C)C)C4)c(C(F)(F)F)c3)[C@H]12. The fourth-order valence-corrected chi connectivity index (χ4v) is 6.28. The molecule has 3 aliphatic heterocycles. The molecule has 0 radical (unpaired) electrons. The molecular formula is C33H36F3N5O4. The largest absolute Gasteiger partial charge is 0.487 e. The maximum absolute atomic E-state index is 14.0. The minimum atomic E-state index is -4.58. The molecule has 6 rings (SSSR count). The lowest BCUT2D eigenvalue weighted by atomic mass is 10.0. The molecule has 0 bridgehead atoms. The molecule has 1 aromatic carbocycles. The zero-order valence-corrected chi connectivity index (χ0v) is 25.4. The van der Waals surface area contributed by atoms with Crippen LogP contribution in [-0.2, 0) is 28.7 Å². The van der Waals surface area contributed by atoms with Crippen LogP contribution < -0.4 is 15.4 Å². The number of likely N-dealkylation sites (N-methyl/N-ethyl adjacent to an activating group) is 1.